The van der Waals surface area contributed by atoms with Crippen LogP contribution in [-0.2, 0) is 0 Å². The van der Waals surface area contributed by atoms with Gasteiger partial charge in [-0.2, -0.15) is 0 Å². The van der Waals surface area contributed by atoms with Crippen LogP contribution in [0.1, 0.15) is 59.7 Å². The predicted octanol–water partition coefficient (Wildman–Crippen LogP) is 7.43. The Kier molecular flexibility index (Phi) is 6.39. The SMILES string of the molecule is CC1=C(C)C(C([Si]c2cc(C)cc(C)c2)c2cc(C)ccc2C)C(c2ccccc2)=C1C. The van der Waals surface area contributed by atoms with E-state index in [4.69, 9.17) is 0 Å². The number of hydrogen-bond acceptors (Lipinski definition) is 0. The van der Waals surface area contributed by atoms with E-state index in [-0.39, 0.29) is 0 Å². The van der Waals surface area contributed by atoms with Crippen LogP contribution in [0.3, 0.4) is 0 Å². The summed E-state index contributed by atoms with van der Waals surface area (Å²) >= 11 is 0. The molecule has 162 valence electrons. The lowest BCUT2D eigenvalue weighted by Gasteiger charge is -2.30. The molecule has 0 bridgehead atoms. The van der Waals surface area contributed by atoms with Crippen molar-refractivity contribution in [2.24, 2.45) is 5.92 Å². The fourth-order valence-corrected chi connectivity index (χ4v) is 7.32. The Balaban J connectivity index is 1.91. The summed E-state index contributed by atoms with van der Waals surface area (Å²) in [5.41, 5.74) is 14.7. The largest absolute Gasteiger partial charge is 0.0901 e. The Bertz CT molecular complexity index is 1190. The highest BCUT2D eigenvalue weighted by Crippen LogP contribution is 2.49. The maximum absolute atomic E-state index is 2.44. The van der Waals surface area contributed by atoms with Gasteiger partial charge in [0.15, 0.2) is 0 Å². The molecular weight excluding hydrogens is 400 g/mol. The number of allylic oxidation sites excluding steroid dienone is 4. The molecule has 3 aromatic carbocycles. The molecule has 0 aromatic heterocycles. The van der Waals surface area contributed by atoms with E-state index in [1.807, 2.05) is 0 Å². The summed E-state index contributed by atoms with van der Waals surface area (Å²) in [5.74, 6) is 0.400. The quantitative estimate of drug-likeness (QED) is 0.366. The molecule has 1 aliphatic rings. The van der Waals surface area contributed by atoms with E-state index in [9.17, 15) is 0 Å². The van der Waals surface area contributed by atoms with E-state index < -0.39 is 0 Å². The summed E-state index contributed by atoms with van der Waals surface area (Å²) in [5, 5.41) is 1.47. The average molecular weight is 435 g/mol. The number of benzene rings is 3. The summed E-state index contributed by atoms with van der Waals surface area (Å²) < 4.78 is 0. The molecule has 2 atom stereocenters. The smallest absolute Gasteiger partial charge is 0.0630 e. The second-order valence-corrected chi connectivity index (χ2v) is 11.0. The first kappa shape index (κ1) is 22.5. The third kappa shape index (κ3) is 4.32. The molecule has 0 saturated heterocycles. The van der Waals surface area contributed by atoms with E-state index in [1.54, 1.807) is 0 Å². The van der Waals surface area contributed by atoms with Crippen molar-refractivity contribution in [3.63, 3.8) is 0 Å². The van der Waals surface area contributed by atoms with Crippen LogP contribution in [0.25, 0.3) is 5.57 Å². The Labute approximate surface area is 196 Å². The van der Waals surface area contributed by atoms with Gasteiger partial charge in [-0.15, -0.1) is 0 Å². The van der Waals surface area contributed by atoms with Gasteiger partial charge in [0.1, 0.15) is 0 Å². The van der Waals surface area contributed by atoms with Gasteiger partial charge in [0.05, 0.1) is 9.52 Å². The van der Waals surface area contributed by atoms with E-state index in [1.165, 1.54) is 60.9 Å². The van der Waals surface area contributed by atoms with Gasteiger partial charge in [0.25, 0.3) is 0 Å². The highest BCUT2D eigenvalue weighted by atomic mass is 28.2. The van der Waals surface area contributed by atoms with E-state index in [0.29, 0.717) is 11.5 Å². The minimum Gasteiger partial charge on any atom is -0.0630 e. The van der Waals surface area contributed by atoms with Crippen LogP contribution in [0, 0.1) is 33.6 Å². The molecular formula is C31H34Si. The first-order valence-electron chi connectivity index (χ1n) is 11.6. The van der Waals surface area contributed by atoms with Gasteiger partial charge >= 0.3 is 0 Å². The predicted molar refractivity (Wildman–Crippen MR) is 141 cm³/mol. The van der Waals surface area contributed by atoms with E-state index in [2.05, 4.69) is 115 Å². The van der Waals surface area contributed by atoms with Gasteiger partial charge < -0.3 is 0 Å². The Morgan fingerprint density at radius 3 is 1.97 bits per heavy atom. The van der Waals surface area contributed by atoms with Gasteiger partial charge in [-0.1, -0.05) is 94.2 Å². The number of hydrogen-bond donors (Lipinski definition) is 0. The fourth-order valence-electron chi connectivity index (χ4n) is 5.28. The van der Waals surface area contributed by atoms with Crippen molar-refractivity contribution in [3.8, 4) is 0 Å². The molecule has 0 fully saturated rings. The van der Waals surface area contributed by atoms with Crippen LogP contribution < -0.4 is 5.19 Å². The monoisotopic (exact) mass is 434 g/mol. The Morgan fingerprint density at radius 2 is 1.31 bits per heavy atom. The molecule has 0 N–H and O–H groups in total. The number of aryl methyl sites for hydroxylation is 4. The van der Waals surface area contributed by atoms with Crippen LogP contribution in [0.5, 0.6) is 0 Å². The zero-order chi connectivity index (χ0) is 23.0. The van der Waals surface area contributed by atoms with Crippen molar-refractivity contribution in [1.29, 1.82) is 0 Å². The molecule has 0 saturated carbocycles. The maximum atomic E-state index is 2.44. The zero-order valence-corrected chi connectivity index (χ0v) is 21.5. The van der Waals surface area contributed by atoms with Gasteiger partial charge in [0, 0.05) is 5.92 Å². The molecule has 4 rings (SSSR count). The number of rotatable bonds is 5. The molecule has 0 heterocycles. The molecule has 1 aliphatic carbocycles. The summed E-state index contributed by atoms with van der Waals surface area (Å²) in [6, 6.07) is 25.1. The normalized spacial score (nSPS) is 17.3. The van der Waals surface area contributed by atoms with Crippen molar-refractivity contribution in [3.05, 3.63) is 117 Å². The average Bonchev–Trinajstić information content (AvgIpc) is 2.98. The summed E-state index contributed by atoms with van der Waals surface area (Å²) in [6.07, 6.45) is 0. The summed E-state index contributed by atoms with van der Waals surface area (Å²) in [7, 11) is 0.720. The first-order chi connectivity index (χ1) is 15.3. The lowest BCUT2D eigenvalue weighted by atomic mass is 9.83. The van der Waals surface area contributed by atoms with Gasteiger partial charge in [-0.05, 0) is 87.4 Å². The lowest BCUT2D eigenvalue weighted by Crippen LogP contribution is -2.29. The second kappa shape index (κ2) is 9.08. The van der Waals surface area contributed by atoms with Crippen LogP contribution in [0.2, 0.25) is 0 Å². The van der Waals surface area contributed by atoms with Crippen LogP contribution in [-0.4, -0.2) is 9.52 Å². The van der Waals surface area contributed by atoms with E-state index in [0.717, 1.165) is 9.52 Å². The summed E-state index contributed by atoms with van der Waals surface area (Å²) in [6.45, 7) is 15.9. The van der Waals surface area contributed by atoms with Crippen molar-refractivity contribution < 1.29 is 0 Å². The molecule has 0 aliphatic heterocycles. The highest BCUT2D eigenvalue weighted by molar-refractivity contribution is 6.55. The maximum Gasteiger partial charge on any atom is 0.0901 e. The van der Waals surface area contributed by atoms with Crippen molar-refractivity contribution in [2.45, 2.75) is 54.0 Å². The Morgan fingerprint density at radius 1 is 0.656 bits per heavy atom. The molecule has 3 aromatic rings. The second-order valence-electron chi connectivity index (χ2n) is 9.55. The lowest BCUT2D eigenvalue weighted by molar-refractivity contribution is 0.740. The third-order valence-electron chi connectivity index (χ3n) is 7.07. The Hall–Kier alpha value is -2.64. The molecule has 2 unspecified atom stereocenters. The topological polar surface area (TPSA) is 0 Å². The van der Waals surface area contributed by atoms with E-state index >= 15 is 0 Å². The standard InChI is InChI=1S/C31H34Si/c1-19-13-14-22(4)28(18-19)31(32-27-16-20(2)15-21(3)17-27)30-25(7)23(5)24(6)29(30)26-11-9-8-10-12-26/h8-18,30-31H,1-7H3. The minimum absolute atomic E-state index is 0.400. The zero-order valence-electron chi connectivity index (χ0n) is 20.5. The van der Waals surface area contributed by atoms with Crippen molar-refractivity contribution in [1.82, 2.24) is 0 Å². The minimum atomic E-state index is 0.400. The molecule has 32 heavy (non-hydrogen) atoms. The van der Waals surface area contributed by atoms with Crippen molar-refractivity contribution in [2.75, 3.05) is 0 Å². The molecule has 0 spiro atoms. The van der Waals surface area contributed by atoms with Crippen LogP contribution in [0.4, 0.5) is 0 Å². The molecule has 2 radical (unpaired) electrons. The van der Waals surface area contributed by atoms with Gasteiger partial charge in [-0.25, -0.2) is 0 Å². The summed E-state index contributed by atoms with van der Waals surface area (Å²) in [4.78, 5) is 0. The van der Waals surface area contributed by atoms with Crippen molar-refractivity contribution >= 4 is 20.3 Å². The van der Waals surface area contributed by atoms with Gasteiger partial charge in [-0.3, -0.25) is 0 Å². The molecule has 0 nitrogen and oxygen atoms in total. The van der Waals surface area contributed by atoms with Crippen LogP contribution >= 0.6 is 0 Å². The fraction of sp³-hybridized carbons (Fsp3) is 0.290. The van der Waals surface area contributed by atoms with Crippen LogP contribution in [0.15, 0.2) is 83.4 Å². The highest BCUT2D eigenvalue weighted by Gasteiger charge is 2.36. The first-order valence-corrected chi connectivity index (χ1v) is 12.7. The third-order valence-corrected chi connectivity index (χ3v) is 8.64. The molecule has 1 heteroatoms. The molecule has 0 amide bonds. The van der Waals surface area contributed by atoms with Gasteiger partial charge in [0.2, 0.25) is 0 Å².